The molecule has 1 aliphatic rings. The number of aliphatic imine (C=N–C) groups is 1. The van der Waals surface area contributed by atoms with Crippen LogP contribution in [-0.4, -0.2) is 36.2 Å². The van der Waals surface area contributed by atoms with Crippen LogP contribution in [0.5, 0.6) is 5.75 Å². The highest BCUT2D eigenvalue weighted by Crippen LogP contribution is 2.10. The maximum atomic E-state index is 10.9. The van der Waals surface area contributed by atoms with Crippen LogP contribution >= 0.6 is 0 Å². The lowest BCUT2D eigenvalue weighted by Crippen LogP contribution is -2.26. The van der Waals surface area contributed by atoms with Crippen LogP contribution in [0.25, 0.3) is 0 Å². The van der Waals surface area contributed by atoms with E-state index in [2.05, 4.69) is 54.2 Å². The molecule has 2 N–H and O–H groups in total. The summed E-state index contributed by atoms with van der Waals surface area (Å²) in [6.07, 6.45) is 12.1. The Morgan fingerprint density at radius 3 is 2.23 bits per heavy atom. The Balaban J connectivity index is 0.000000518. The highest BCUT2D eigenvalue weighted by Gasteiger charge is 2.01. The fourth-order valence-corrected chi connectivity index (χ4v) is 2.35. The van der Waals surface area contributed by atoms with Gasteiger partial charge in [-0.15, -0.1) is 6.58 Å². The van der Waals surface area contributed by atoms with Crippen molar-refractivity contribution in [2.75, 3.05) is 13.6 Å². The van der Waals surface area contributed by atoms with Gasteiger partial charge in [0, 0.05) is 25.3 Å². The zero-order valence-corrected chi connectivity index (χ0v) is 20.1. The van der Waals surface area contributed by atoms with Gasteiger partial charge in [0.25, 0.3) is 0 Å². The summed E-state index contributed by atoms with van der Waals surface area (Å²) in [6, 6.07) is 7.24. The summed E-state index contributed by atoms with van der Waals surface area (Å²) in [7, 11) is 1.75. The van der Waals surface area contributed by atoms with E-state index in [4.69, 9.17) is 5.11 Å². The third kappa shape index (κ3) is 15.5. The Morgan fingerprint density at radius 1 is 1.13 bits per heavy atom. The number of allylic oxidation sites excluding steroid dienone is 6. The average molecular weight is 423 g/mol. The Labute approximate surface area is 188 Å². The SMILES string of the molecule is C=C(C)C.CC(=O)/C=C(\C)CNC1C=CC=C(C)C=C1.CN=C(C)c1ccc(O)cc1. The molecule has 0 aliphatic heterocycles. The van der Waals surface area contributed by atoms with Gasteiger partial charge in [-0.05, 0) is 77.4 Å². The van der Waals surface area contributed by atoms with Gasteiger partial charge in [0.1, 0.15) is 5.75 Å². The van der Waals surface area contributed by atoms with Crippen LogP contribution in [0.2, 0.25) is 0 Å². The monoisotopic (exact) mass is 422 g/mol. The minimum atomic E-state index is 0.101. The van der Waals surface area contributed by atoms with Crippen LogP contribution in [0.15, 0.2) is 89.0 Å². The fraction of sp³-hybridized carbons (Fsp3) is 0.333. The summed E-state index contributed by atoms with van der Waals surface area (Å²) in [5.74, 6) is 0.390. The molecular weight excluding hydrogens is 384 g/mol. The molecule has 4 nitrogen and oxygen atoms in total. The molecule has 2 rings (SSSR count). The van der Waals surface area contributed by atoms with Gasteiger partial charge in [0.05, 0.1) is 0 Å². The molecule has 0 radical (unpaired) electrons. The molecule has 0 saturated heterocycles. The van der Waals surface area contributed by atoms with Crippen molar-refractivity contribution < 1.29 is 9.90 Å². The highest BCUT2D eigenvalue weighted by molar-refractivity contribution is 5.98. The van der Waals surface area contributed by atoms with Gasteiger partial charge in [-0.2, -0.15) is 0 Å². The van der Waals surface area contributed by atoms with E-state index in [-0.39, 0.29) is 17.6 Å². The van der Waals surface area contributed by atoms with Crippen molar-refractivity contribution in [3.63, 3.8) is 0 Å². The molecule has 0 spiro atoms. The molecule has 1 aromatic carbocycles. The van der Waals surface area contributed by atoms with Crippen LogP contribution in [0.3, 0.4) is 0 Å². The molecule has 0 amide bonds. The number of benzene rings is 1. The van der Waals surface area contributed by atoms with Gasteiger partial charge in [0.2, 0.25) is 0 Å². The van der Waals surface area contributed by atoms with Crippen molar-refractivity contribution in [3.05, 3.63) is 89.6 Å². The number of phenols is 1. The summed E-state index contributed by atoms with van der Waals surface area (Å²) in [5, 5.41) is 12.3. The summed E-state index contributed by atoms with van der Waals surface area (Å²) >= 11 is 0. The van der Waals surface area contributed by atoms with Crippen molar-refractivity contribution in [1.82, 2.24) is 5.32 Å². The number of phenolic OH excluding ortho intramolecular Hbond substituents is 1. The Kier molecular flexibility index (Phi) is 14.3. The number of aromatic hydroxyl groups is 1. The quantitative estimate of drug-likeness (QED) is 0.349. The predicted octanol–water partition coefficient (Wildman–Crippen LogP) is 5.97. The maximum absolute atomic E-state index is 10.9. The average Bonchev–Trinajstić information content (AvgIpc) is 2.90. The molecule has 168 valence electrons. The first-order valence-corrected chi connectivity index (χ1v) is 10.3. The smallest absolute Gasteiger partial charge is 0.152 e. The van der Waals surface area contributed by atoms with Gasteiger partial charge in [0.15, 0.2) is 5.78 Å². The molecule has 0 saturated carbocycles. The molecule has 1 unspecified atom stereocenters. The van der Waals surface area contributed by atoms with Crippen LogP contribution in [-0.2, 0) is 4.79 Å². The zero-order chi connectivity index (χ0) is 23.8. The standard InChI is InChI=1S/C14H19NO.C9H11NO.C4H8/c1-11-5-4-6-14(8-7-11)15-10-12(2)9-13(3)16;1-7(10-2)8-3-5-9(11)6-4-8;1-4(2)3/h4-9,14-15H,10H2,1-3H3;3-6,11H,1-2H3;1H2,2-3H3/b12-9+;;. The second-order valence-corrected chi connectivity index (χ2v) is 7.73. The number of rotatable bonds is 5. The first-order chi connectivity index (χ1) is 14.5. The van der Waals surface area contributed by atoms with Gasteiger partial charge < -0.3 is 10.4 Å². The second kappa shape index (κ2) is 15.8. The maximum Gasteiger partial charge on any atom is 0.152 e. The van der Waals surface area contributed by atoms with Crippen LogP contribution in [0, 0.1) is 0 Å². The molecule has 0 fully saturated rings. The van der Waals surface area contributed by atoms with Gasteiger partial charge >= 0.3 is 0 Å². The number of carbonyl (C=O) groups is 1. The summed E-state index contributed by atoms with van der Waals surface area (Å²) in [6.45, 7) is 15.8. The van der Waals surface area contributed by atoms with E-state index in [0.29, 0.717) is 0 Å². The van der Waals surface area contributed by atoms with Crippen molar-refractivity contribution >= 4 is 11.5 Å². The molecule has 0 heterocycles. The first-order valence-electron chi connectivity index (χ1n) is 10.3. The van der Waals surface area contributed by atoms with E-state index < -0.39 is 0 Å². The summed E-state index contributed by atoms with van der Waals surface area (Å²) in [5.41, 5.74) is 5.50. The molecule has 31 heavy (non-hydrogen) atoms. The van der Waals surface area contributed by atoms with E-state index in [0.717, 1.165) is 23.4 Å². The van der Waals surface area contributed by atoms with E-state index >= 15 is 0 Å². The number of nitrogens with zero attached hydrogens (tertiary/aromatic N) is 1. The predicted molar refractivity (Wildman–Crippen MR) is 135 cm³/mol. The van der Waals surface area contributed by atoms with Crippen LogP contribution in [0.4, 0.5) is 0 Å². The molecule has 0 bridgehead atoms. The number of carbonyl (C=O) groups excluding carboxylic acids is 1. The van der Waals surface area contributed by atoms with Crippen molar-refractivity contribution in [2.24, 2.45) is 4.99 Å². The first kappa shape index (κ1) is 28.0. The minimum Gasteiger partial charge on any atom is -0.508 e. The normalized spacial score (nSPS) is 15.6. The van der Waals surface area contributed by atoms with E-state index in [1.807, 2.05) is 39.8 Å². The molecular formula is C27H38N2O2. The van der Waals surface area contributed by atoms with E-state index in [9.17, 15) is 4.79 Å². The Morgan fingerprint density at radius 2 is 1.71 bits per heavy atom. The molecule has 1 atom stereocenters. The van der Waals surface area contributed by atoms with Gasteiger partial charge in [-0.25, -0.2) is 0 Å². The molecule has 1 aliphatic carbocycles. The summed E-state index contributed by atoms with van der Waals surface area (Å²) < 4.78 is 0. The third-order valence-corrected chi connectivity index (χ3v) is 3.93. The van der Waals surface area contributed by atoms with Crippen molar-refractivity contribution in [2.45, 2.75) is 47.6 Å². The van der Waals surface area contributed by atoms with Gasteiger partial charge in [-0.3, -0.25) is 9.79 Å². The lowest BCUT2D eigenvalue weighted by molar-refractivity contribution is -0.112. The highest BCUT2D eigenvalue weighted by atomic mass is 16.3. The molecule has 1 aromatic rings. The van der Waals surface area contributed by atoms with Crippen molar-refractivity contribution in [3.8, 4) is 5.75 Å². The largest absolute Gasteiger partial charge is 0.508 e. The number of nitrogens with one attached hydrogen (secondary N) is 1. The van der Waals surface area contributed by atoms with Crippen molar-refractivity contribution in [1.29, 1.82) is 0 Å². The van der Waals surface area contributed by atoms with Crippen LogP contribution < -0.4 is 5.32 Å². The minimum absolute atomic E-state index is 0.101. The lowest BCUT2D eigenvalue weighted by atomic mass is 10.1. The summed E-state index contributed by atoms with van der Waals surface area (Å²) in [4.78, 5) is 14.9. The zero-order valence-electron chi connectivity index (χ0n) is 20.1. The van der Waals surface area contributed by atoms with E-state index in [1.54, 1.807) is 32.2 Å². The third-order valence-electron chi connectivity index (χ3n) is 3.93. The number of hydrogen-bond donors (Lipinski definition) is 2. The lowest BCUT2D eigenvalue weighted by Gasteiger charge is -2.10. The fourth-order valence-electron chi connectivity index (χ4n) is 2.35. The molecule has 0 aromatic heterocycles. The second-order valence-electron chi connectivity index (χ2n) is 7.73. The topological polar surface area (TPSA) is 61.7 Å². The molecule has 4 heteroatoms. The Hall–Kier alpha value is -2.98. The number of ketones is 1. The van der Waals surface area contributed by atoms with E-state index in [1.165, 1.54) is 11.1 Å². The van der Waals surface area contributed by atoms with Crippen LogP contribution in [0.1, 0.15) is 47.1 Å². The van der Waals surface area contributed by atoms with Gasteiger partial charge in [-0.1, -0.05) is 47.1 Å². The number of hydrogen-bond acceptors (Lipinski definition) is 4. The Bertz CT molecular complexity index is 850.